The largest absolute Gasteiger partial charge is 0.369 e. The Balaban J connectivity index is 1.53. The van der Waals surface area contributed by atoms with Crippen LogP contribution in [-0.4, -0.2) is 29.1 Å². The molecule has 0 amide bonds. The molecule has 134 valence electrons. The van der Waals surface area contributed by atoms with Crippen molar-refractivity contribution in [3.8, 4) is 0 Å². The maximum atomic E-state index is 6.37. The molecule has 1 saturated heterocycles. The van der Waals surface area contributed by atoms with Crippen LogP contribution in [0.3, 0.4) is 0 Å². The Kier molecular flexibility index (Phi) is 4.65. The third-order valence-electron chi connectivity index (χ3n) is 5.70. The average Bonchev–Trinajstić information content (AvgIpc) is 2.95. The van der Waals surface area contributed by atoms with E-state index in [0.29, 0.717) is 6.04 Å². The van der Waals surface area contributed by atoms with Gasteiger partial charge in [0.05, 0.1) is 10.9 Å². The second-order valence-corrected chi connectivity index (χ2v) is 9.15. The molecule has 0 aliphatic carbocycles. The van der Waals surface area contributed by atoms with Crippen molar-refractivity contribution in [2.45, 2.75) is 58.2 Å². The quantitative estimate of drug-likeness (QED) is 0.747. The van der Waals surface area contributed by atoms with E-state index in [0.717, 1.165) is 54.7 Å². The summed E-state index contributed by atoms with van der Waals surface area (Å²) >= 11 is 8.02. The van der Waals surface area contributed by atoms with E-state index in [1.165, 1.54) is 16.0 Å². The fourth-order valence-corrected chi connectivity index (χ4v) is 5.80. The van der Waals surface area contributed by atoms with Gasteiger partial charge in [-0.2, -0.15) is 0 Å². The summed E-state index contributed by atoms with van der Waals surface area (Å²) in [7, 11) is 0. The van der Waals surface area contributed by atoms with E-state index in [1.807, 2.05) is 6.92 Å². The summed E-state index contributed by atoms with van der Waals surface area (Å²) < 4.78 is 7.26. The van der Waals surface area contributed by atoms with E-state index in [4.69, 9.17) is 16.3 Å². The number of aryl methyl sites for hydroxylation is 2. The summed E-state index contributed by atoms with van der Waals surface area (Å²) in [5.74, 6) is 0. The van der Waals surface area contributed by atoms with Gasteiger partial charge in [0.1, 0.15) is 5.60 Å². The van der Waals surface area contributed by atoms with Crippen molar-refractivity contribution in [2.24, 2.45) is 0 Å². The lowest BCUT2D eigenvalue weighted by Gasteiger charge is -2.47. The number of pyridine rings is 1. The lowest BCUT2D eigenvalue weighted by molar-refractivity contribution is -0.110. The minimum Gasteiger partial charge on any atom is -0.369 e. The highest BCUT2D eigenvalue weighted by Gasteiger charge is 2.44. The van der Waals surface area contributed by atoms with Gasteiger partial charge in [0.2, 0.25) is 0 Å². The van der Waals surface area contributed by atoms with Gasteiger partial charge in [-0.05, 0) is 63.3 Å². The Labute approximate surface area is 159 Å². The molecule has 0 saturated carbocycles. The first-order valence-corrected chi connectivity index (χ1v) is 10.3. The molecule has 1 fully saturated rings. The Bertz CT molecular complexity index is 790. The number of halogens is 1. The standard InChI is InChI=1S/C20H25ClN2OS/c1-13-4-5-17(15(3)22-13)12-23-8-7-20(11-14(23)2)19-16(6-9-24-20)10-18(21)25-19/h4-5,10,14H,6-9,11-12H2,1-3H3/t14-,20+/m0/s1. The SMILES string of the molecule is Cc1ccc(CN2CC[C@]3(C[C@@H]2C)OCCc2cc(Cl)sc23)c(C)n1. The molecule has 2 aliphatic rings. The number of aromatic nitrogens is 1. The number of likely N-dealkylation sites (tertiary alicyclic amines) is 1. The van der Waals surface area contributed by atoms with Crippen LogP contribution >= 0.6 is 22.9 Å². The normalized spacial score (nSPS) is 26.8. The molecule has 4 heterocycles. The number of fused-ring (bicyclic) bond motifs is 2. The van der Waals surface area contributed by atoms with Crippen molar-refractivity contribution in [2.75, 3.05) is 13.2 Å². The lowest BCUT2D eigenvalue weighted by Crippen LogP contribution is -2.50. The van der Waals surface area contributed by atoms with Crippen molar-refractivity contribution >= 4 is 22.9 Å². The molecule has 0 N–H and O–H groups in total. The number of hydrogen-bond acceptors (Lipinski definition) is 4. The van der Waals surface area contributed by atoms with Crippen LogP contribution in [0.1, 0.15) is 47.2 Å². The van der Waals surface area contributed by atoms with Gasteiger partial charge in [-0.1, -0.05) is 17.7 Å². The van der Waals surface area contributed by atoms with Gasteiger partial charge in [-0.15, -0.1) is 11.3 Å². The van der Waals surface area contributed by atoms with E-state index in [9.17, 15) is 0 Å². The average molecular weight is 377 g/mol. The fourth-order valence-electron chi connectivity index (χ4n) is 4.31. The summed E-state index contributed by atoms with van der Waals surface area (Å²) in [5, 5.41) is 0. The van der Waals surface area contributed by atoms with Crippen LogP contribution in [0.5, 0.6) is 0 Å². The van der Waals surface area contributed by atoms with Gasteiger partial charge < -0.3 is 4.74 Å². The summed E-state index contributed by atoms with van der Waals surface area (Å²) in [6.07, 6.45) is 3.07. The van der Waals surface area contributed by atoms with Crippen molar-refractivity contribution in [1.82, 2.24) is 9.88 Å². The van der Waals surface area contributed by atoms with Crippen LogP contribution in [-0.2, 0) is 23.3 Å². The van der Waals surface area contributed by atoms with Gasteiger partial charge >= 0.3 is 0 Å². The number of nitrogens with zero attached hydrogens (tertiary/aromatic N) is 2. The second kappa shape index (κ2) is 6.66. The summed E-state index contributed by atoms with van der Waals surface area (Å²) in [6.45, 7) is 9.31. The fraction of sp³-hybridized carbons (Fsp3) is 0.550. The van der Waals surface area contributed by atoms with E-state index < -0.39 is 0 Å². The van der Waals surface area contributed by atoms with Gasteiger partial charge in [0, 0.05) is 35.4 Å². The van der Waals surface area contributed by atoms with Gasteiger partial charge in [-0.25, -0.2) is 0 Å². The Morgan fingerprint density at radius 2 is 2.24 bits per heavy atom. The first-order chi connectivity index (χ1) is 12.0. The first kappa shape index (κ1) is 17.5. The molecule has 0 unspecified atom stereocenters. The molecular formula is C20H25ClN2OS. The van der Waals surface area contributed by atoms with Gasteiger partial charge in [0.25, 0.3) is 0 Å². The van der Waals surface area contributed by atoms with Crippen LogP contribution in [0, 0.1) is 13.8 Å². The van der Waals surface area contributed by atoms with Crippen LogP contribution in [0.4, 0.5) is 0 Å². The summed E-state index contributed by atoms with van der Waals surface area (Å²) in [4.78, 5) is 8.56. The van der Waals surface area contributed by atoms with E-state index in [1.54, 1.807) is 11.3 Å². The molecule has 2 aromatic heterocycles. The van der Waals surface area contributed by atoms with Crippen LogP contribution in [0.2, 0.25) is 4.34 Å². The van der Waals surface area contributed by atoms with E-state index in [2.05, 4.69) is 41.9 Å². The molecule has 3 nitrogen and oxygen atoms in total. The van der Waals surface area contributed by atoms with Crippen molar-refractivity contribution in [3.63, 3.8) is 0 Å². The lowest BCUT2D eigenvalue weighted by atomic mass is 9.82. The number of rotatable bonds is 2. The van der Waals surface area contributed by atoms with Crippen LogP contribution in [0.15, 0.2) is 18.2 Å². The van der Waals surface area contributed by atoms with Crippen molar-refractivity contribution < 1.29 is 4.74 Å². The monoisotopic (exact) mass is 376 g/mol. The van der Waals surface area contributed by atoms with Crippen LogP contribution in [0.25, 0.3) is 0 Å². The Hall–Kier alpha value is -0.940. The summed E-state index contributed by atoms with van der Waals surface area (Å²) in [5.41, 5.74) is 4.85. The molecule has 1 spiro atoms. The molecule has 2 aliphatic heterocycles. The summed E-state index contributed by atoms with van der Waals surface area (Å²) in [6, 6.07) is 6.96. The smallest absolute Gasteiger partial charge is 0.105 e. The number of thiophene rings is 1. The maximum Gasteiger partial charge on any atom is 0.105 e. The Morgan fingerprint density at radius 3 is 3.00 bits per heavy atom. The molecular weight excluding hydrogens is 352 g/mol. The first-order valence-electron chi connectivity index (χ1n) is 9.07. The molecule has 0 aromatic carbocycles. The molecule has 4 rings (SSSR count). The molecule has 2 atom stereocenters. The third-order valence-corrected chi connectivity index (χ3v) is 7.19. The van der Waals surface area contributed by atoms with Crippen molar-refractivity contribution in [1.29, 1.82) is 0 Å². The van der Waals surface area contributed by atoms with E-state index in [-0.39, 0.29) is 5.60 Å². The zero-order chi connectivity index (χ0) is 17.6. The predicted molar refractivity (Wildman–Crippen MR) is 103 cm³/mol. The number of piperidine rings is 1. The zero-order valence-electron chi connectivity index (χ0n) is 15.1. The molecule has 0 radical (unpaired) electrons. The second-order valence-electron chi connectivity index (χ2n) is 7.47. The highest BCUT2D eigenvalue weighted by molar-refractivity contribution is 7.16. The Morgan fingerprint density at radius 1 is 1.40 bits per heavy atom. The maximum absolute atomic E-state index is 6.37. The molecule has 2 aromatic rings. The minimum atomic E-state index is -0.123. The van der Waals surface area contributed by atoms with Crippen LogP contribution < -0.4 is 0 Å². The topological polar surface area (TPSA) is 25.4 Å². The van der Waals surface area contributed by atoms with Gasteiger partial charge in [0.15, 0.2) is 0 Å². The number of hydrogen-bond donors (Lipinski definition) is 0. The molecule has 0 bridgehead atoms. The van der Waals surface area contributed by atoms with Crippen molar-refractivity contribution in [3.05, 3.63) is 49.9 Å². The molecule has 25 heavy (non-hydrogen) atoms. The third kappa shape index (κ3) is 3.25. The molecule has 5 heteroatoms. The predicted octanol–water partition coefficient (Wildman–Crippen LogP) is 4.87. The zero-order valence-corrected chi connectivity index (χ0v) is 16.7. The highest BCUT2D eigenvalue weighted by atomic mass is 35.5. The minimum absolute atomic E-state index is 0.123. The highest BCUT2D eigenvalue weighted by Crippen LogP contribution is 2.48. The van der Waals surface area contributed by atoms with E-state index >= 15 is 0 Å². The number of ether oxygens (including phenoxy) is 1. The van der Waals surface area contributed by atoms with Gasteiger partial charge in [-0.3, -0.25) is 9.88 Å².